The Hall–Kier alpha value is -2.30. The predicted molar refractivity (Wildman–Crippen MR) is 76.0 cm³/mol. The second-order valence-electron chi connectivity index (χ2n) is 4.80. The molecule has 0 aliphatic carbocycles. The van der Waals surface area contributed by atoms with Crippen molar-refractivity contribution in [2.75, 3.05) is 12.3 Å². The van der Waals surface area contributed by atoms with Gasteiger partial charge in [-0.25, -0.2) is 4.98 Å². The van der Waals surface area contributed by atoms with Crippen molar-refractivity contribution in [1.82, 2.24) is 9.55 Å². The zero-order valence-electron chi connectivity index (χ0n) is 11.4. The van der Waals surface area contributed by atoms with Gasteiger partial charge in [-0.1, -0.05) is 0 Å². The Morgan fingerprint density at radius 2 is 2.15 bits per heavy atom. The van der Waals surface area contributed by atoms with Crippen LogP contribution < -0.4 is 10.5 Å². The molecular weight excluding hydrogens is 254 g/mol. The van der Waals surface area contributed by atoms with E-state index < -0.39 is 0 Å². The number of hydrogen-bond acceptors (Lipinski definition) is 4. The van der Waals surface area contributed by atoms with Gasteiger partial charge in [0.05, 0.1) is 6.61 Å². The molecule has 5 nitrogen and oxygen atoms in total. The van der Waals surface area contributed by atoms with Gasteiger partial charge in [-0.3, -0.25) is 4.79 Å². The highest BCUT2D eigenvalue weighted by atomic mass is 16.5. The number of aryl methyl sites for hydroxylation is 1. The molecule has 1 aliphatic heterocycles. The van der Waals surface area contributed by atoms with Gasteiger partial charge in [0.25, 0.3) is 0 Å². The summed E-state index contributed by atoms with van der Waals surface area (Å²) in [5.41, 5.74) is 7.01. The summed E-state index contributed by atoms with van der Waals surface area (Å²) in [7, 11) is 0. The summed E-state index contributed by atoms with van der Waals surface area (Å²) in [4.78, 5) is 16.9. The van der Waals surface area contributed by atoms with Gasteiger partial charge < -0.3 is 15.0 Å². The SMILES string of the molecule is CCOc1ccc(C(=O)c2c(N)nc3n2CCC3)cc1. The number of anilines is 1. The Bertz CT molecular complexity index is 644. The highest BCUT2D eigenvalue weighted by Crippen LogP contribution is 2.24. The van der Waals surface area contributed by atoms with E-state index in [2.05, 4.69) is 4.98 Å². The summed E-state index contributed by atoms with van der Waals surface area (Å²) in [6.07, 6.45) is 1.91. The lowest BCUT2D eigenvalue weighted by Gasteiger charge is -2.07. The molecule has 0 radical (unpaired) electrons. The van der Waals surface area contributed by atoms with E-state index in [1.807, 2.05) is 11.5 Å². The Morgan fingerprint density at radius 3 is 2.85 bits per heavy atom. The van der Waals surface area contributed by atoms with Crippen LogP contribution in [0.3, 0.4) is 0 Å². The number of hydrogen-bond donors (Lipinski definition) is 1. The molecule has 3 rings (SSSR count). The van der Waals surface area contributed by atoms with Crippen molar-refractivity contribution in [3.8, 4) is 5.75 Å². The van der Waals surface area contributed by atoms with Gasteiger partial charge >= 0.3 is 0 Å². The molecule has 1 aliphatic rings. The van der Waals surface area contributed by atoms with Gasteiger partial charge in [-0.05, 0) is 37.6 Å². The number of imidazole rings is 1. The molecule has 0 atom stereocenters. The molecule has 0 amide bonds. The Labute approximate surface area is 117 Å². The minimum Gasteiger partial charge on any atom is -0.494 e. The molecule has 0 bridgehead atoms. The van der Waals surface area contributed by atoms with Gasteiger partial charge in [0.1, 0.15) is 17.3 Å². The largest absolute Gasteiger partial charge is 0.494 e. The van der Waals surface area contributed by atoms with Gasteiger partial charge in [0.15, 0.2) is 5.82 Å². The number of rotatable bonds is 4. The number of ketones is 1. The molecule has 104 valence electrons. The predicted octanol–water partition coefficient (Wildman–Crippen LogP) is 2.04. The van der Waals surface area contributed by atoms with E-state index in [1.54, 1.807) is 24.3 Å². The molecule has 0 unspecified atom stereocenters. The molecule has 1 aromatic heterocycles. The van der Waals surface area contributed by atoms with Crippen LogP contribution in [-0.2, 0) is 13.0 Å². The Kier molecular flexibility index (Phi) is 3.18. The van der Waals surface area contributed by atoms with Crippen LogP contribution in [0.4, 0.5) is 5.82 Å². The quantitative estimate of drug-likeness (QED) is 0.864. The standard InChI is InChI=1S/C15H17N3O2/c1-2-20-11-7-5-10(6-8-11)14(19)13-15(16)17-12-4-3-9-18(12)13/h5-8H,2-4,9,16H2,1H3. The minimum atomic E-state index is -0.0776. The third-order valence-corrected chi connectivity index (χ3v) is 3.50. The molecule has 2 N–H and O–H groups in total. The highest BCUT2D eigenvalue weighted by molar-refractivity contribution is 6.10. The van der Waals surface area contributed by atoms with Crippen molar-refractivity contribution in [3.05, 3.63) is 41.3 Å². The van der Waals surface area contributed by atoms with Crippen LogP contribution in [0.25, 0.3) is 0 Å². The smallest absolute Gasteiger partial charge is 0.213 e. The van der Waals surface area contributed by atoms with Gasteiger partial charge in [0, 0.05) is 18.5 Å². The molecule has 2 aromatic rings. The number of carbonyl (C=O) groups is 1. The number of nitrogens with zero attached hydrogens (tertiary/aromatic N) is 2. The fraction of sp³-hybridized carbons (Fsp3) is 0.333. The number of carbonyl (C=O) groups excluding carboxylic acids is 1. The lowest BCUT2D eigenvalue weighted by molar-refractivity contribution is 0.103. The van der Waals surface area contributed by atoms with E-state index in [0.717, 1.165) is 31.0 Å². The summed E-state index contributed by atoms with van der Waals surface area (Å²) in [5.74, 6) is 1.93. The van der Waals surface area contributed by atoms with Crippen molar-refractivity contribution in [1.29, 1.82) is 0 Å². The molecule has 0 saturated heterocycles. The summed E-state index contributed by atoms with van der Waals surface area (Å²) in [5, 5.41) is 0. The average Bonchev–Trinajstić information content (AvgIpc) is 2.99. The Balaban J connectivity index is 1.93. The van der Waals surface area contributed by atoms with Crippen molar-refractivity contribution in [2.24, 2.45) is 0 Å². The first-order valence-corrected chi connectivity index (χ1v) is 6.83. The van der Waals surface area contributed by atoms with Crippen LogP contribution in [-0.4, -0.2) is 21.9 Å². The van der Waals surface area contributed by atoms with E-state index in [0.29, 0.717) is 23.7 Å². The van der Waals surface area contributed by atoms with Crippen molar-refractivity contribution >= 4 is 11.6 Å². The second-order valence-corrected chi connectivity index (χ2v) is 4.80. The maximum absolute atomic E-state index is 12.6. The first-order chi connectivity index (χ1) is 9.70. The maximum Gasteiger partial charge on any atom is 0.213 e. The van der Waals surface area contributed by atoms with Crippen LogP contribution >= 0.6 is 0 Å². The normalized spacial score (nSPS) is 13.2. The zero-order chi connectivity index (χ0) is 14.1. The Morgan fingerprint density at radius 1 is 1.40 bits per heavy atom. The zero-order valence-corrected chi connectivity index (χ0v) is 11.4. The molecule has 20 heavy (non-hydrogen) atoms. The van der Waals surface area contributed by atoms with Crippen LogP contribution in [0, 0.1) is 0 Å². The van der Waals surface area contributed by atoms with Crippen molar-refractivity contribution < 1.29 is 9.53 Å². The molecule has 0 spiro atoms. The first-order valence-electron chi connectivity index (χ1n) is 6.83. The lowest BCUT2D eigenvalue weighted by Crippen LogP contribution is -2.11. The van der Waals surface area contributed by atoms with E-state index >= 15 is 0 Å². The fourth-order valence-electron chi connectivity index (χ4n) is 2.59. The summed E-state index contributed by atoms with van der Waals surface area (Å²) in [6.45, 7) is 3.35. The fourth-order valence-corrected chi connectivity index (χ4v) is 2.59. The van der Waals surface area contributed by atoms with Crippen molar-refractivity contribution in [3.63, 3.8) is 0 Å². The number of aromatic nitrogens is 2. The molecule has 0 saturated carbocycles. The average molecular weight is 271 g/mol. The van der Waals surface area contributed by atoms with Gasteiger partial charge in [0.2, 0.25) is 5.78 Å². The topological polar surface area (TPSA) is 70.1 Å². The third kappa shape index (κ3) is 2.05. The maximum atomic E-state index is 12.6. The van der Waals surface area contributed by atoms with Crippen molar-refractivity contribution in [2.45, 2.75) is 26.3 Å². The van der Waals surface area contributed by atoms with Crippen LogP contribution in [0.5, 0.6) is 5.75 Å². The monoisotopic (exact) mass is 271 g/mol. The van der Waals surface area contributed by atoms with Crippen LogP contribution in [0.15, 0.2) is 24.3 Å². The number of nitrogens with two attached hydrogens (primary N) is 1. The van der Waals surface area contributed by atoms with Crippen LogP contribution in [0.2, 0.25) is 0 Å². The highest BCUT2D eigenvalue weighted by Gasteiger charge is 2.25. The third-order valence-electron chi connectivity index (χ3n) is 3.50. The summed E-state index contributed by atoms with van der Waals surface area (Å²) >= 11 is 0. The van der Waals surface area contributed by atoms with Gasteiger partial charge in [-0.15, -0.1) is 0 Å². The van der Waals surface area contributed by atoms with E-state index in [-0.39, 0.29) is 5.78 Å². The summed E-state index contributed by atoms with van der Waals surface area (Å²) in [6, 6.07) is 7.13. The molecule has 5 heteroatoms. The number of fused-ring (bicyclic) bond motifs is 1. The van der Waals surface area contributed by atoms with Gasteiger partial charge in [-0.2, -0.15) is 0 Å². The minimum absolute atomic E-state index is 0.0776. The van der Waals surface area contributed by atoms with Crippen LogP contribution in [0.1, 0.15) is 35.2 Å². The number of nitrogen functional groups attached to an aromatic ring is 1. The number of ether oxygens (including phenoxy) is 1. The summed E-state index contributed by atoms with van der Waals surface area (Å²) < 4.78 is 7.31. The molecule has 0 fully saturated rings. The molecular formula is C15H17N3O2. The molecule has 1 aromatic carbocycles. The van der Waals surface area contributed by atoms with E-state index in [9.17, 15) is 4.79 Å². The number of benzene rings is 1. The first kappa shape index (κ1) is 12.7. The van der Waals surface area contributed by atoms with E-state index in [1.165, 1.54) is 0 Å². The second kappa shape index (κ2) is 5.00. The molecule has 2 heterocycles. The lowest BCUT2D eigenvalue weighted by atomic mass is 10.1. The van der Waals surface area contributed by atoms with E-state index in [4.69, 9.17) is 10.5 Å².